The van der Waals surface area contributed by atoms with Gasteiger partial charge in [0.05, 0.1) is 12.4 Å². The van der Waals surface area contributed by atoms with E-state index in [9.17, 15) is 34.8 Å². The fourth-order valence-electron chi connectivity index (χ4n) is 1.38. The van der Waals surface area contributed by atoms with Crippen molar-refractivity contribution in [2.24, 2.45) is 11.3 Å². The summed E-state index contributed by atoms with van der Waals surface area (Å²) in [5.74, 6) is -1.92. The van der Waals surface area contributed by atoms with Crippen molar-refractivity contribution in [1.29, 1.82) is 0 Å². The maximum atomic E-state index is 12.3. The summed E-state index contributed by atoms with van der Waals surface area (Å²) in [5.41, 5.74) is -0.913. The second kappa shape index (κ2) is 6.49. The van der Waals surface area contributed by atoms with Gasteiger partial charge < -0.3 is 4.74 Å². The maximum Gasteiger partial charge on any atom is 0.423 e. The molecule has 11 heteroatoms. The quantitative estimate of drug-likeness (QED) is 0.551. The van der Waals surface area contributed by atoms with E-state index in [0.29, 0.717) is 0 Å². The van der Waals surface area contributed by atoms with Crippen molar-refractivity contribution < 1.29 is 39.5 Å². The second-order valence-electron chi connectivity index (χ2n) is 5.57. The first-order valence-corrected chi connectivity index (χ1v) is 8.10. The highest BCUT2D eigenvalue weighted by Crippen LogP contribution is 2.37. The van der Waals surface area contributed by atoms with Crippen molar-refractivity contribution in [3.8, 4) is 0 Å². The van der Waals surface area contributed by atoms with Crippen molar-refractivity contribution in [3.05, 3.63) is 0 Å². The lowest BCUT2D eigenvalue weighted by Gasteiger charge is -2.32. The van der Waals surface area contributed by atoms with Gasteiger partial charge in [0.1, 0.15) is 0 Å². The molecule has 21 heavy (non-hydrogen) atoms. The molecule has 0 aromatic carbocycles. The summed E-state index contributed by atoms with van der Waals surface area (Å²) in [6.45, 7) is 3.33. The van der Waals surface area contributed by atoms with E-state index < -0.39 is 51.2 Å². The van der Waals surface area contributed by atoms with Crippen LogP contribution in [0.3, 0.4) is 0 Å². The summed E-state index contributed by atoms with van der Waals surface area (Å²) >= 11 is 0. The van der Waals surface area contributed by atoms with E-state index in [-0.39, 0.29) is 0 Å². The molecule has 1 unspecified atom stereocenters. The van der Waals surface area contributed by atoms with E-state index in [1.807, 2.05) is 0 Å². The zero-order valence-corrected chi connectivity index (χ0v) is 12.9. The average Bonchev–Trinajstić information content (AvgIpc) is 2.07. The highest BCUT2D eigenvalue weighted by atomic mass is 35.7. The molecule has 0 aliphatic carbocycles. The minimum atomic E-state index is -5.64. The Labute approximate surface area is 123 Å². The lowest BCUT2D eigenvalue weighted by atomic mass is 9.82. The predicted molar refractivity (Wildman–Crippen MR) is 64.4 cm³/mol. The van der Waals surface area contributed by atoms with E-state index in [0.717, 1.165) is 0 Å². The van der Waals surface area contributed by atoms with Gasteiger partial charge in [-0.2, -0.15) is 26.3 Å². The number of hydrogen-bond acceptors (Lipinski definition) is 3. The average molecular weight is 365 g/mol. The van der Waals surface area contributed by atoms with E-state index in [2.05, 4.69) is 4.74 Å². The molecule has 0 spiro atoms. The van der Waals surface area contributed by atoms with Crippen LogP contribution >= 0.6 is 10.7 Å². The summed E-state index contributed by atoms with van der Waals surface area (Å²) in [5, 5.41) is 0. The van der Waals surface area contributed by atoms with Gasteiger partial charge in [-0.25, -0.2) is 8.42 Å². The van der Waals surface area contributed by atoms with Gasteiger partial charge in [0.25, 0.3) is 0 Å². The van der Waals surface area contributed by atoms with Gasteiger partial charge >= 0.3 is 12.4 Å². The molecule has 0 aromatic heterocycles. The predicted octanol–water partition coefficient (Wildman–Crippen LogP) is 3.73. The molecule has 0 saturated carbocycles. The smallest absolute Gasteiger partial charge is 0.361 e. The third-order valence-corrected chi connectivity index (χ3v) is 3.86. The Hall–Kier alpha value is -0.220. The highest BCUT2D eigenvalue weighted by Gasteiger charge is 2.58. The Balaban J connectivity index is 5.12. The Kier molecular flexibility index (Phi) is 6.42. The number of alkyl halides is 6. The van der Waals surface area contributed by atoms with Crippen LogP contribution in [0, 0.1) is 11.3 Å². The van der Waals surface area contributed by atoms with Crippen LogP contribution in [0.25, 0.3) is 0 Å². The molecule has 128 valence electrons. The third kappa shape index (κ3) is 8.10. The number of ether oxygens (including phenoxy) is 1. The van der Waals surface area contributed by atoms with Crippen molar-refractivity contribution in [2.45, 2.75) is 39.2 Å². The van der Waals surface area contributed by atoms with E-state index in [1.54, 1.807) is 0 Å². The van der Waals surface area contributed by atoms with Crippen LogP contribution < -0.4 is 0 Å². The van der Waals surface area contributed by atoms with Gasteiger partial charge in [-0.15, -0.1) is 0 Å². The molecule has 1 atom stereocenters. The SMILES string of the molecule is CC(C)(C)C(COC(C(F)(F)F)C(F)(F)F)CS(=O)(=O)Cl. The van der Waals surface area contributed by atoms with Crippen molar-refractivity contribution >= 4 is 19.7 Å². The summed E-state index contributed by atoms with van der Waals surface area (Å²) in [4.78, 5) is 0. The van der Waals surface area contributed by atoms with E-state index >= 15 is 0 Å². The van der Waals surface area contributed by atoms with Gasteiger partial charge in [-0.05, 0) is 5.41 Å². The van der Waals surface area contributed by atoms with Crippen LogP contribution in [-0.4, -0.2) is 39.2 Å². The zero-order chi connectivity index (χ0) is 17.3. The topological polar surface area (TPSA) is 43.4 Å². The lowest BCUT2D eigenvalue weighted by Crippen LogP contribution is -2.46. The van der Waals surface area contributed by atoms with Crippen LogP contribution in [0.15, 0.2) is 0 Å². The van der Waals surface area contributed by atoms with Gasteiger partial charge in [0.2, 0.25) is 15.2 Å². The largest absolute Gasteiger partial charge is 0.423 e. The first-order valence-electron chi connectivity index (χ1n) is 5.62. The highest BCUT2D eigenvalue weighted by molar-refractivity contribution is 8.13. The minimum Gasteiger partial charge on any atom is -0.361 e. The van der Waals surface area contributed by atoms with Crippen LogP contribution in [-0.2, 0) is 13.8 Å². The second-order valence-corrected chi connectivity index (χ2v) is 8.39. The van der Waals surface area contributed by atoms with Crippen LogP contribution in [0.5, 0.6) is 0 Å². The van der Waals surface area contributed by atoms with E-state index in [4.69, 9.17) is 10.7 Å². The Morgan fingerprint density at radius 1 is 1.00 bits per heavy atom. The molecule has 0 heterocycles. The standard InChI is InChI=1S/C10H15ClF6O3S/c1-8(2,3)6(5-21(11,18)19)4-20-7(9(12,13)14)10(15,16)17/h6-7H,4-5H2,1-3H3. The van der Waals surface area contributed by atoms with E-state index in [1.165, 1.54) is 20.8 Å². The molecule has 0 N–H and O–H groups in total. The first-order chi connectivity index (χ1) is 8.94. The van der Waals surface area contributed by atoms with Crippen LogP contribution in [0.4, 0.5) is 26.3 Å². The molecule has 3 nitrogen and oxygen atoms in total. The first kappa shape index (κ1) is 20.8. The lowest BCUT2D eigenvalue weighted by molar-refractivity contribution is -0.324. The summed E-state index contributed by atoms with van der Waals surface area (Å²) in [7, 11) is 0.906. The number of rotatable bonds is 5. The zero-order valence-electron chi connectivity index (χ0n) is 11.3. The molecule has 0 fully saturated rings. The Morgan fingerprint density at radius 2 is 1.38 bits per heavy atom. The molecule has 0 radical (unpaired) electrons. The minimum absolute atomic E-state index is 0.791. The van der Waals surface area contributed by atoms with Gasteiger partial charge in [0.15, 0.2) is 0 Å². The van der Waals surface area contributed by atoms with Gasteiger partial charge in [-0.3, -0.25) is 0 Å². The molecular formula is C10H15ClF6O3S. The fraction of sp³-hybridized carbons (Fsp3) is 1.00. The molecule has 0 amide bonds. The van der Waals surface area contributed by atoms with Crippen molar-refractivity contribution in [3.63, 3.8) is 0 Å². The number of hydrogen-bond donors (Lipinski definition) is 0. The normalized spacial score (nSPS) is 16.3. The van der Waals surface area contributed by atoms with Crippen molar-refractivity contribution in [1.82, 2.24) is 0 Å². The van der Waals surface area contributed by atoms with Gasteiger partial charge in [0, 0.05) is 16.6 Å². The molecule has 0 bridgehead atoms. The summed E-state index contributed by atoms with van der Waals surface area (Å²) in [6.07, 6.45) is -15.2. The number of halogens is 7. The molecule has 0 rings (SSSR count). The fourth-order valence-corrected chi connectivity index (χ4v) is 2.91. The molecule has 0 aliphatic rings. The Bertz CT molecular complexity index is 423. The third-order valence-electron chi connectivity index (χ3n) is 2.68. The molecule has 0 aliphatic heterocycles. The Morgan fingerprint density at radius 3 is 1.62 bits per heavy atom. The monoisotopic (exact) mass is 364 g/mol. The van der Waals surface area contributed by atoms with Gasteiger partial charge in [-0.1, -0.05) is 20.8 Å². The van der Waals surface area contributed by atoms with Crippen LogP contribution in [0.1, 0.15) is 20.8 Å². The molecule has 0 saturated heterocycles. The maximum absolute atomic E-state index is 12.3. The summed E-state index contributed by atoms with van der Waals surface area (Å²) in [6, 6.07) is 0. The van der Waals surface area contributed by atoms with Crippen LogP contribution in [0.2, 0.25) is 0 Å². The molecular weight excluding hydrogens is 350 g/mol. The summed E-state index contributed by atoms with van der Waals surface area (Å²) < 4.78 is 99.8. The van der Waals surface area contributed by atoms with Crippen molar-refractivity contribution in [2.75, 3.05) is 12.4 Å². The molecule has 0 aromatic rings.